The van der Waals surface area contributed by atoms with Gasteiger partial charge in [-0.05, 0) is 76.8 Å². The predicted molar refractivity (Wildman–Crippen MR) is 143 cm³/mol. The van der Waals surface area contributed by atoms with Crippen LogP contribution < -0.4 is 10.0 Å². The number of nitrogens with one attached hydrogen (secondary N) is 3. The van der Waals surface area contributed by atoms with Gasteiger partial charge >= 0.3 is 6.09 Å². The Kier molecular flexibility index (Phi) is 7.82. The average Bonchev–Trinajstić information content (AvgIpc) is 3.60. The molecule has 0 radical (unpaired) electrons. The summed E-state index contributed by atoms with van der Waals surface area (Å²) in [5.74, 6) is 1.95. The maximum atomic E-state index is 12.5. The summed E-state index contributed by atoms with van der Waals surface area (Å²) < 4.78 is 32.3. The maximum absolute atomic E-state index is 12.5. The summed E-state index contributed by atoms with van der Waals surface area (Å²) in [6.45, 7) is 7.12. The molecule has 1 amide bonds. The molecule has 0 spiro atoms. The number of carbonyl (C=O) groups is 1. The lowest BCUT2D eigenvalue weighted by Crippen LogP contribution is -2.32. The Morgan fingerprint density at radius 1 is 1.19 bits per heavy atom. The number of aromatic nitrogens is 4. The molecule has 1 aromatic carbocycles. The van der Waals surface area contributed by atoms with Gasteiger partial charge in [0.05, 0.1) is 29.4 Å². The Morgan fingerprint density at radius 2 is 1.95 bits per heavy atom. The number of methoxy groups -OCH3 is 1. The Morgan fingerprint density at radius 3 is 2.62 bits per heavy atom. The molecule has 2 heterocycles. The van der Waals surface area contributed by atoms with Crippen LogP contribution in [0.4, 0.5) is 10.5 Å². The van der Waals surface area contributed by atoms with E-state index in [4.69, 9.17) is 9.97 Å². The molecule has 3 N–H and O–H groups in total. The standard InChI is InChI=1S/C26H34N6O4S/c1-15(2)37(34,35)32-20-13-16(3)12-19(14-20)23-24(31-25(30-23)18-7-8-18)21-10-11-27-22(29-21)9-6-17(4)28-26(33)36-5/h10-15,17-18,32H,6-9H2,1-5H3,(H,28,33)(H,30,31)/t17-/m0/s1. The number of sulfonamides is 1. The SMILES string of the molecule is COC(=O)N[C@@H](C)CCc1nccc(-c2[nH]c(C3CC3)nc2-c2cc(C)cc(NS(=O)(=O)C(C)C)c2)n1. The van der Waals surface area contributed by atoms with Crippen molar-refractivity contribution in [2.75, 3.05) is 11.8 Å². The first-order valence-electron chi connectivity index (χ1n) is 12.5. The van der Waals surface area contributed by atoms with Crippen LogP contribution in [0, 0.1) is 6.92 Å². The van der Waals surface area contributed by atoms with Crippen molar-refractivity contribution in [3.05, 3.63) is 47.7 Å². The number of nitrogens with zero attached hydrogens (tertiary/aromatic N) is 3. The zero-order chi connectivity index (χ0) is 26.7. The summed E-state index contributed by atoms with van der Waals surface area (Å²) in [4.78, 5) is 29.0. The number of anilines is 1. The van der Waals surface area contributed by atoms with Crippen molar-refractivity contribution in [2.24, 2.45) is 0 Å². The van der Waals surface area contributed by atoms with Crippen molar-refractivity contribution < 1.29 is 17.9 Å². The minimum atomic E-state index is -3.49. The topological polar surface area (TPSA) is 139 Å². The van der Waals surface area contributed by atoms with Crippen LogP contribution in [0.3, 0.4) is 0 Å². The van der Waals surface area contributed by atoms with E-state index in [1.807, 2.05) is 38.1 Å². The van der Waals surface area contributed by atoms with Crippen LogP contribution in [-0.4, -0.2) is 52.8 Å². The van der Waals surface area contributed by atoms with Crippen LogP contribution in [0.25, 0.3) is 22.6 Å². The van der Waals surface area contributed by atoms with Gasteiger partial charge in [0.1, 0.15) is 11.6 Å². The Hall–Kier alpha value is -3.47. The summed E-state index contributed by atoms with van der Waals surface area (Å²) in [5, 5.41) is 2.20. The maximum Gasteiger partial charge on any atom is 0.407 e. The highest BCUT2D eigenvalue weighted by atomic mass is 32.2. The number of aryl methyl sites for hydroxylation is 2. The molecule has 1 atom stereocenters. The molecule has 1 aliphatic carbocycles. The van der Waals surface area contributed by atoms with Gasteiger partial charge < -0.3 is 15.0 Å². The van der Waals surface area contributed by atoms with E-state index in [1.54, 1.807) is 20.0 Å². The smallest absolute Gasteiger partial charge is 0.407 e. The number of amides is 1. The number of imidazole rings is 1. The van der Waals surface area contributed by atoms with E-state index in [1.165, 1.54) is 7.11 Å². The highest BCUT2D eigenvalue weighted by molar-refractivity contribution is 7.93. The molecule has 0 saturated heterocycles. The van der Waals surface area contributed by atoms with Gasteiger partial charge in [-0.15, -0.1) is 0 Å². The third kappa shape index (κ3) is 6.65. The number of aromatic amines is 1. The van der Waals surface area contributed by atoms with Gasteiger partial charge in [0.2, 0.25) is 10.0 Å². The molecule has 37 heavy (non-hydrogen) atoms. The average molecular weight is 527 g/mol. The third-order valence-corrected chi connectivity index (χ3v) is 7.99. The number of benzene rings is 1. The molecule has 4 rings (SSSR count). The number of hydrogen-bond donors (Lipinski definition) is 3. The normalized spacial score (nSPS) is 14.4. The van der Waals surface area contributed by atoms with Crippen LogP contribution in [0.1, 0.15) is 63.2 Å². The lowest BCUT2D eigenvalue weighted by molar-refractivity contribution is 0.167. The summed E-state index contributed by atoms with van der Waals surface area (Å²) in [5.41, 5.74) is 4.42. The number of H-pyrrole nitrogens is 1. The van der Waals surface area contributed by atoms with E-state index in [9.17, 15) is 13.2 Å². The summed E-state index contributed by atoms with van der Waals surface area (Å²) in [6.07, 6.45) is 4.64. The molecule has 0 bridgehead atoms. The minimum absolute atomic E-state index is 0.0933. The van der Waals surface area contributed by atoms with E-state index in [2.05, 4.69) is 24.7 Å². The van der Waals surface area contributed by atoms with E-state index in [0.29, 0.717) is 36.0 Å². The quantitative estimate of drug-likeness (QED) is 0.352. The first-order chi connectivity index (χ1) is 17.6. The predicted octanol–water partition coefficient (Wildman–Crippen LogP) is 4.55. The molecule has 11 heteroatoms. The molecule has 10 nitrogen and oxygen atoms in total. The van der Waals surface area contributed by atoms with Crippen LogP contribution in [-0.2, 0) is 21.2 Å². The highest BCUT2D eigenvalue weighted by Crippen LogP contribution is 2.41. The van der Waals surface area contributed by atoms with Crippen LogP contribution in [0.15, 0.2) is 30.5 Å². The number of hydrogen-bond acceptors (Lipinski definition) is 7. The molecule has 198 valence electrons. The van der Waals surface area contributed by atoms with Gasteiger partial charge in [-0.25, -0.2) is 28.2 Å². The fourth-order valence-electron chi connectivity index (χ4n) is 3.93. The van der Waals surface area contributed by atoms with Crippen molar-refractivity contribution in [3.63, 3.8) is 0 Å². The van der Waals surface area contributed by atoms with Crippen LogP contribution in [0.2, 0.25) is 0 Å². The second-order valence-electron chi connectivity index (χ2n) is 9.84. The van der Waals surface area contributed by atoms with Crippen molar-refractivity contribution in [1.82, 2.24) is 25.3 Å². The van der Waals surface area contributed by atoms with Crippen molar-refractivity contribution in [1.29, 1.82) is 0 Å². The van der Waals surface area contributed by atoms with Gasteiger partial charge in [0.25, 0.3) is 0 Å². The van der Waals surface area contributed by atoms with Gasteiger partial charge in [-0.2, -0.15) is 0 Å². The van der Waals surface area contributed by atoms with Crippen LogP contribution >= 0.6 is 0 Å². The number of rotatable bonds is 10. The van der Waals surface area contributed by atoms with Gasteiger partial charge in [-0.3, -0.25) is 4.72 Å². The van der Waals surface area contributed by atoms with E-state index < -0.39 is 21.4 Å². The summed E-state index contributed by atoms with van der Waals surface area (Å²) in [6, 6.07) is 7.36. The van der Waals surface area contributed by atoms with E-state index in [-0.39, 0.29) is 6.04 Å². The molecule has 0 aliphatic heterocycles. The second kappa shape index (κ2) is 10.9. The molecule has 0 unspecified atom stereocenters. The summed E-state index contributed by atoms with van der Waals surface area (Å²) >= 11 is 0. The van der Waals surface area contributed by atoms with Gasteiger partial charge in [-0.1, -0.05) is 0 Å². The van der Waals surface area contributed by atoms with Gasteiger partial charge in [0.15, 0.2) is 0 Å². The molecular formula is C26H34N6O4S. The monoisotopic (exact) mass is 526 g/mol. The molecule has 1 aliphatic rings. The Bertz CT molecular complexity index is 1380. The second-order valence-corrected chi connectivity index (χ2v) is 12.1. The first kappa shape index (κ1) is 26.6. The largest absolute Gasteiger partial charge is 0.453 e. The minimum Gasteiger partial charge on any atom is -0.453 e. The molecular weight excluding hydrogens is 492 g/mol. The lowest BCUT2D eigenvalue weighted by atomic mass is 10.0. The molecule has 3 aromatic rings. The summed E-state index contributed by atoms with van der Waals surface area (Å²) in [7, 11) is -2.15. The zero-order valence-electron chi connectivity index (χ0n) is 21.8. The molecule has 2 aromatic heterocycles. The molecule has 1 fully saturated rings. The highest BCUT2D eigenvalue weighted by Gasteiger charge is 2.29. The third-order valence-electron chi connectivity index (χ3n) is 6.23. The van der Waals surface area contributed by atoms with E-state index >= 15 is 0 Å². The first-order valence-corrected chi connectivity index (χ1v) is 14.0. The van der Waals surface area contributed by atoms with E-state index in [0.717, 1.165) is 41.2 Å². The number of carbonyl (C=O) groups excluding carboxylic acids is 1. The molecule has 1 saturated carbocycles. The number of alkyl carbamates (subject to hydrolysis) is 1. The van der Waals surface area contributed by atoms with Gasteiger partial charge in [0, 0.05) is 35.8 Å². The number of ether oxygens (including phenoxy) is 1. The Labute approximate surface area is 217 Å². The Balaban J connectivity index is 1.66. The van der Waals surface area contributed by atoms with Crippen molar-refractivity contribution >= 4 is 21.8 Å². The van der Waals surface area contributed by atoms with Crippen molar-refractivity contribution in [2.45, 2.75) is 70.6 Å². The lowest BCUT2D eigenvalue weighted by Gasteiger charge is -2.13. The zero-order valence-corrected chi connectivity index (χ0v) is 22.6. The fraction of sp³-hybridized carbons (Fsp3) is 0.462. The fourth-order valence-corrected chi connectivity index (χ4v) is 4.62. The van der Waals surface area contributed by atoms with Crippen LogP contribution in [0.5, 0.6) is 0 Å². The van der Waals surface area contributed by atoms with Crippen molar-refractivity contribution in [3.8, 4) is 22.6 Å².